The molecule has 88 valence electrons. The normalized spacial score (nSPS) is 11.3. The molecule has 0 heterocycles. The third kappa shape index (κ3) is 3.47. The number of rotatable bonds is 2. The van der Waals surface area contributed by atoms with Crippen molar-refractivity contribution in [1.29, 1.82) is 0 Å². The Morgan fingerprint density at radius 2 is 2.06 bits per heavy atom. The van der Waals surface area contributed by atoms with Crippen LogP contribution in [0.25, 0.3) is 0 Å². The largest absolute Gasteiger partial charge is 0.279 e. The standard InChI is InChI=1S/C11H13ClFNO2/c1-11(2,3)16-14-10(15)9-7(12)5-4-6-8(9)13/h4-6H,1-3H3,(H,14,15). The van der Waals surface area contributed by atoms with Crippen molar-refractivity contribution in [3.8, 4) is 0 Å². The Morgan fingerprint density at radius 1 is 1.44 bits per heavy atom. The van der Waals surface area contributed by atoms with Crippen LogP contribution in [0.4, 0.5) is 4.39 Å². The number of hydroxylamine groups is 1. The Morgan fingerprint density at radius 3 is 2.56 bits per heavy atom. The van der Waals surface area contributed by atoms with Gasteiger partial charge in [0, 0.05) is 0 Å². The molecule has 3 nitrogen and oxygen atoms in total. The highest BCUT2D eigenvalue weighted by molar-refractivity contribution is 6.33. The van der Waals surface area contributed by atoms with Crippen molar-refractivity contribution in [1.82, 2.24) is 5.48 Å². The van der Waals surface area contributed by atoms with Crippen LogP contribution >= 0.6 is 11.6 Å². The Hall–Kier alpha value is -1.13. The average Bonchev–Trinajstić information content (AvgIpc) is 2.13. The van der Waals surface area contributed by atoms with Gasteiger partial charge in [-0.3, -0.25) is 9.63 Å². The summed E-state index contributed by atoms with van der Waals surface area (Å²) in [5.41, 5.74) is 1.39. The van der Waals surface area contributed by atoms with Crippen molar-refractivity contribution in [2.75, 3.05) is 0 Å². The summed E-state index contributed by atoms with van der Waals surface area (Å²) < 4.78 is 13.3. The van der Waals surface area contributed by atoms with Crippen molar-refractivity contribution < 1.29 is 14.0 Å². The molecular weight excluding hydrogens is 233 g/mol. The van der Waals surface area contributed by atoms with E-state index in [-0.39, 0.29) is 10.6 Å². The van der Waals surface area contributed by atoms with Crippen LogP contribution in [0.3, 0.4) is 0 Å². The number of amides is 1. The van der Waals surface area contributed by atoms with E-state index < -0.39 is 17.3 Å². The predicted octanol–water partition coefficient (Wildman–Crippen LogP) is 2.94. The minimum absolute atomic E-state index is 0.0509. The highest BCUT2D eigenvalue weighted by Crippen LogP contribution is 2.19. The van der Waals surface area contributed by atoms with Gasteiger partial charge in [-0.15, -0.1) is 0 Å². The average molecular weight is 246 g/mol. The van der Waals surface area contributed by atoms with Crippen molar-refractivity contribution in [2.45, 2.75) is 26.4 Å². The highest BCUT2D eigenvalue weighted by atomic mass is 35.5. The summed E-state index contributed by atoms with van der Waals surface area (Å²) in [7, 11) is 0. The van der Waals surface area contributed by atoms with Gasteiger partial charge in [-0.2, -0.15) is 0 Å². The molecule has 1 aromatic carbocycles. The van der Waals surface area contributed by atoms with E-state index in [1.807, 2.05) is 0 Å². The minimum atomic E-state index is -0.696. The van der Waals surface area contributed by atoms with E-state index in [0.717, 1.165) is 6.07 Å². The lowest BCUT2D eigenvalue weighted by Gasteiger charge is -2.19. The van der Waals surface area contributed by atoms with Crippen molar-refractivity contribution in [3.05, 3.63) is 34.6 Å². The van der Waals surface area contributed by atoms with E-state index in [4.69, 9.17) is 16.4 Å². The molecule has 5 heteroatoms. The maximum absolute atomic E-state index is 13.3. The molecule has 0 unspecified atom stereocenters. The van der Waals surface area contributed by atoms with Crippen LogP contribution in [0.15, 0.2) is 18.2 Å². The predicted molar refractivity (Wildman–Crippen MR) is 59.7 cm³/mol. The van der Waals surface area contributed by atoms with E-state index in [1.165, 1.54) is 12.1 Å². The Labute approximate surface area is 98.5 Å². The second kappa shape index (κ2) is 4.80. The summed E-state index contributed by atoms with van der Waals surface area (Å²) in [6, 6.07) is 4.04. The van der Waals surface area contributed by atoms with Gasteiger partial charge < -0.3 is 0 Å². The lowest BCUT2D eigenvalue weighted by molar-refractivity contribution is -0.0591. The topological polar surface area (TPSA) is 38.3 Å². The Balaban J connectivity index is 2.81. The molecule has 0 aliphatic carbocycles. The fourth-order valence-electron chi connectivity index (χ4n) is 0.965. The molecule has 0 saturated carbocycles. The molecule has 1 aromatic rings. The van der Waals surface area contributed by atoms with Gasteiger partial charge in [0.25, 0.3) is 5.91 Å². The van der Waals surface area contributed by atoms with Gasteiger partial charge >= 0.3 is 0 Å². The van der Waals surface area contributed by atoms with E-state index in [0.29, 0.717) is 0 Å². The first-order valence-electron chi connectivity index (χ1n) is 4.73. The fraction of sp³-hybridized carbons (Fsp3) is 0.364. The van der Waals surface area contributed by atoms with E-state index in [9.17, 15) is 9.18 Å². The van der Waals surface area contributed by atoms with Crippen LogP contribution in [0.5, 0.6) is 0 Å². The SMILES string of the molecule is CC(C)(C)ONC(=O)c1c(F)cccc1Cl. The van der Waals surface area contributed by atoms with Gasteiger partial charge in [-0.05, 0) is 32.9 Å². The number of hydrogen-bond acceptors (Lipinski definition) is 2. The number of halogens is 2. The van der Waals surface area contributed by atoms with Gasteiger partial charge in [0.2, 0.25) is 0 Å². The van der Waals surface area contributed by atoms with Gasteiger partial charge in [-0.1, -0.05) is 17.7 Å². The lowest BCUT2D eigenvalue weighted by atomic mass is 10.2. The van der Waals surface area contributed by atoms with Crippen molar-refractivity contribution in [2.24, 2.45) is 0 Å². The van der Waals surface area contributed by atoms with Crippen molar-refractivity contribution >= 4 is 17.5 Å². The number of hydrogen-bond donors (Lipinski definition) is 1. The van der Waals surface area contributed by atoms with E-state index >= 15 is 0 Å². The molecule has 1 rings (SSSR count). The van der Waals surface area contributed by atoms with E-state index in [1.54, 1.807) is 20.8 Å². The third-order valence-corrected chi connectivity index (χ3v) is 1.95. The fourth-order valence-corrected chi connectivity index (χ4v) is 1.21. The summed E-state index contributed by atoms with van der Waals surface area (Å²) in [6.07, 6.45) is 0. The lowest BCUT2D eigenvalue weighted by Crippen LogP contribution is -2.34. The zero-order valence-electron chi connectivity index (χ0n) is 9.30. The molecule has 0 bridgehead atoms. The number of benzene rings is 1. The molecule has 0 spiro atoms. The van der Waals surface area contributed by atoms with Crippen LogP contribution in [-0.4, -0.2) is 11.5 Å². The van der Waals surface area contributed by atoms with Crippen LogP contribution in [0.2, 0.25) is 5.02 Å². The first kappa shape index (κ1) is 12.9. The summed E-state index contributed by atoms with van der Waals surface area (Å²) in [6.45, 7) is 5.28. The Kier molecular flexibility index (Phi) is 3.88. The second-order valence-corrected chi connectivity index (χ2v) is 4.65. The monoisotopic (exact) mass is 245 g/mol. The molecule has 1 amide bonds. The third-order valence-electron chi connectivity index (χ3n) is 1.64. The maximum Gasteiger partial charge on any atom is 0.279 e. The molecular formula is C11H13ClFNO2. The Bertz CT molecular complexity index is 381. The second-order valence-electron chi connectivity index (χ2n) is 4.24. The van der Waals surface area contributed by atoms with Gasteiger partial charge in [-0.25, -0.2) is 9.87 Å². The molecule has 0 aliphatic rings. The number of carbonyl (C=O) groups excluding carboxylic acids is 1. The molecule has 0 aliphatic heterocycles. The molecule has 0 radical (unpaired) electrons. The molecule has 1 N–H and O–H groups in total. The maximum atomic E-state index is 13.3. The van der Waals surface area contributed by atoms with Crippen LogP contribution in [-0.2, 0) is 4.84 Å². The molecule has 16 heavy (non-hydrogen) atoms. The summed E-state index contributed by atoms with van der Waals surface area (Å²) in [4.78, 5) is 16.6. The summed E-state index contributed by atoms with van der Waals surface area (Å²) in [5.74, 6) is -1.37. The molecule has 0 saturated heterocycles. The quantitative estimate of drug-likeness (QED) is 0.814. The minimum Gasteiger partial charge on any atom is -0.268 e. The van der Waals surface area contributed by atoms with Crippen LogP contribution < -0.4 is 5.48 Å². The zero-order valence-corrected chi connectivity index (χ0v) is 10.1. The van der Waals surface area contributed by atoms with Gasteiger partial charge in [0.1, 0.15) is 5.82 Å². The van der Waals surface area contributed by atoms with Gasteiger partial charge in [0.05, 0.1) is 16.2 Å². The van der Waals surface area contributed by atoms with Gasteiger partial charge in [0.15, 0.2) is 0 Å². The number of carbonyl (C=O) groups is 1. The van der Waals surface area contributed by atoms with Crippen LogP contribution in [0.1, 0.15) is 31.1 Å². The molecule has 0 fully saturated rings. The first-order chi connectivity index (χ1) is 7.31. The summed E-state index contributed by atoms with van der Waals surface area (Å²) in [5, 5.41) is 0.0509. The van der Waals surface area contributed by atoms with E-state index in [2.05, 4.69) is 5.48 Å². The molecule has 0 atom stereocenters. The van der Waals surface area contributed by atoms with Crippen molar-refractivity contribution in [3.63, 3.8) is 0 Å². The highest BCUT2D eigenvalue weighted by Gasteiger charge is 2.18. The molecule has 0 aromatic heterocycles. The summed E-state index contributed by atoms with van der Waals surface area (Å²) >= 11 is 5.72. The number of nitrogens with one attached hydrogen (secondary N) is 1. The first-order valence-corrected chi connectivity index (χ1v) is 5.11. The zero-order chi connectivity index (χ0) is 12.3. The smallest absolute Gasteiger partial charge is 0.268 e. The van der Waals surface area contributed by atoms with Crippen LogP contribution in [0, 0.1) is 5.82 Å².